The van der Waals surface area contributed by atoms with E-state index < -0.39 is 0 Å². The molecule has 1 aromatic heterocycles. The zero-order chi connectivity index (χ0) is 7.68. The fourth-order valence-electron chi connectivity index (χ4n) is 0.952. The molecule has 0 unspecified atom stereocenters. The summed E-state index contributed by atoms with van der Waals surface area (Å²) in [6.07, 6.45) is 0.926. The minimum atomic E-state index is 0.682. The van der Waals surface area contributed by atoms with Crippen LogP contribution in [-0.4, -0.2) is 13.2 Å². The monoisotopic (exact) mass is 190 g/mol. The number of thiophene rings is 1. The number of hydrogen-bond donors (Lipinski definition) is 0. The first-order valence-electron chi connectivity index (χ1n) is 3.40. The molecule has 4 heteroatoms. The number of halogens is 1. The van der Waals surface area contributed by atoms with Gasteiger partial charge in [-0.2, -0.15) is 0 Å². The molecule has 0 aliphatic carbocycles. The molecule has 2 nitrogen and oxygen atoms in total. The van der Waals surface area contributed by atoms with Gasteiger partial charge in [0, 0.05) is 11.8 Å². The lowest BCUT2D eigenvalue weighted by Crippen LogP contribution is -1.97. The van der Waals surface area contributed by atoms with Crippen LogP contribution in [0.4, 0.5) is 0 Å². The second-order valence-electron chi connectivity index (χ2n) is 2.25. The predicted molar refractivity (Wildman–Crippen MR) is 44.9 cm³/mol. The molecule has 0 fully saturated rings. The smallest absolute Gasteiger partial charge is 0.190 e. The molecule has 11 heavy (non-hydrogen) atoms. The number of hydrogen-bond acceptors (Lipinski definition) is 3. The molecule has 0 saturated heterocycles. The molecule has 2 rings (SSSR count). The van der Waals surface area contributed by atoms with Crippen molar-refractivity contribution >= 4 is 22.9 Å². The molecule has 0 amide bonds. The van der Waals surface area contributed by atoms with Gasteiger partial charge >= 0.3 is 0 Å². The summed E-state index contributed by atoms with van der Waals surface area (Å²) in [5.41, 5.74) is 0. The van der Waals surface area contributed by atoms with Gasteiger partial charge in [-0.05, 0) is 0 Å². The molecule has 0 atom stereocenters. The van der Waals surface area contributed by atoms with E-state index in [1.165, 1.54) is 11.3 Å². The topological polar surface area (TPSA) is 18.5 Å². The molecule has 0 saturated carbocycles. The van der Waals surface area contributed by atoms with E-state index in [0.29, 0.717) is 16.7 Å². The van der Waals surface area contributed by atoms with E-state index in [2.05, 4.69) is 0 Å². The molecule has 60 valence electrons. The highest BCUT2D eigenvalue weighted by atomic mass is 35.5. The van der Waals surface area contributed by atoms with Gasteiger partial charge in [0.05, 0.1) is 13.2 Å². The van der Waals surface area contributed by atoms with Crippen LogP contribution in [-0.2, 0) is 0 Å². The van der Waals surface area contributed by atoms with E-state index in [9.17, 15) is 0 Å². The van der Waals surface area contributed by atoms with Crippen molar-refractivity contribution < 1.29 is 9.47 Å². The summed E-state index contributed by atoms with van der Waals surface area (Å²) in [7, 11) is 0. The van der Waals surface area contributed by atoms with Gasteiger partial charge in [0.15, 0.2) is 11.5 Å². The van der Waals surface area contributed by atoms with E-state index in [0.717, 1.165) is 18.8 Å². The van der Waals surface area contributed by atoms with Crippen molar-refractivity contribution in [3.63, 3.8) is 0 Å². The van der Waals surface area contributed by atoms with Crippen molar-refractivity contribution in [1.29, 1.82) is 0 Å². The van der Waals surface area contributed by atoms with Gasteiger partial charge in [0.25, 0.3) is 0 Å². The molecular formula is C7H7ClO2S. The van der Waals surface area contributed by atoms with Gasteiger partial charge in [0.1, 0.15) is 4.34 Å². The summed E-state index contributed by atoms with van der Waals surface area (Å²) >= 11 is 7.29. The Kier molecular flexibility index (Phi) is 1.92. The van der Waals surface area contributed by atoms with Crippen molar-refractivity contribution in [3.05, 3.63) is 9.72 Å². The van der Waals surface area contributed by atoms with Crippen LogP contribution >= 0.6 is 22.9 Å². The summed E-state index contributed by atoms with van der Waals surface area (Å²) in [5, 5.41) is 1.88. The summed E-state index contributed by atoms with van der Waals surface area (Å²) in [4.78, 5) is 0. The zero-order valence-corrected chi connectivity index (χ0v) is 7.37. The summed E-state index contributed by atoms with van der Waals surface area (Å²) in [6.45, 7) is 1.42. The maximum absolute atomic E-state index is 5.84. The van der Waals surface area contributed by atoms with Crippen LogP contribution in [0.5, 0.6) is 11.5 Å². The predicted octanol–water partition coefficient (Wildman–Crippen LogP) is 2.56. The Bertz CT molecular complexity index is 259. The fourth-order valence-corrected chi connectivity index (χ4v) is 1.89. The number of fused-ring (bicyclic) bond motifs is 1. The third-order valence-corrected chi connectivity index (χ3v) is 2.63. The SMILES string of the molecule is Clc1scc2c1OCCCO2. The average Bonchev–Trinajstić information content (AvgIpc) is 2.25. The highest BCUT2D eigenvalue weighted by molar-refractivity contribution is 7.15. The van der Waals surface area contributed by atoms with Gasteiger partial charge in [-0.25, -0.2) is 0 Å². The van der Waals surface area contributed by atoms with Gasteiger partial charge in [-0.15, -0.1) is 11.3 Å². The Labute approximate surface area is 73.7 Å². The van der Waals surface area contributed by atoms with E-state index in [4.69, 9.17) is 21.1 Å². The van der Waals surface area contributed by atoms with Crippen molar-refractivity contribution in [3.8, 4) is 11.5 Å². The van der Waals surface area contributed by atoms with E-state index in [-0.39, 0.29) is 0 Å². The second-order valence-corrected chi connectivity index (χ2v) is 3.73. The van der Waals surface area contributed by atoms with Crippen LogP contribution in [0.3, 0.4) is 0 Å². The Hall–Kier alpha value is -0.410. The molecule has 0 bridgehead atoms. The second kappa shape index (κ2) is 2.91. The summed E-state index contributed by atoms with van der Waals surface area (Å²) in [5.74, 6) is 1.51. The Morgan fingerprint density at radius 3 is 3.09 bits per heavy atom. The van der Waals surface area contributed by atoms with Crippen molar-refractivity contribution in [2.75, 3.05) is 13.2 Å². The third-order valence-electron chi connectivity index (χ3n) is 1.46. The highest BCUT2D eigenvalue weighted by Crippen LogP contribution is 2.42. The van der Waals surface area contributed by atoms with Crippen LogP contribution in [0.1, 0.15) is 6.42 Å². The van der Waals surface area contributed by atoms with Gasteiger partial charge in [-0.1, -0.05) is 11.6 Å². The first kappa shape index (κ1) is 7.25. The highest BCUT2D eigenvalue weighted by Gasteiger charge is 2.15. The number of rotatable bonds is 0. The fraction of sp³-hybridized carbons (Fsp3) is 0.429. The first-order chi connectivity index (χ1) is 5.38. The van der Waals surface area contributed by atoms with Crippen LogP contribution in [0.15, 0.2) is 5.38 Å². The minimum Gasteiger partial charge on any atom is -0.489 e. The molecule has 1 aliphatic heterocycles. The Balaban J connectivity index is 2.35. The average molecular weight is 191 g/mol. The maximum atomic E-state index is 5.84. The van der Waals surface area contributed by atoms with Gasteiger partial charge in [-0.3, -0.25) is 0 Å². The Morgan fingerprint density at radius 2 is 2.18 bits per heavy atom. The molecule has 0 spiro atoms. The van der Waals surface area contributed by atoms with E-state index in [1.807, 2.05) is 5.38 Å². The summed E-state index contributed by atoms with van der Waals surface area (Å²) < 4.78 is 11.4. The van der Waals surface area contributed by atoms with Crippen molar-refractivity contribution in [2.24, 2.45) is 0 Å². The lowest BCUT2D eigenvalue weighted by Gasteiger charge is -1.99. The van der Waals surface area contributed by atoms with Crippen molar-refractivity contribution in [2.45, 2.75) is 6.42 Å². The van der Waals surface area contributed by atoms with E-state index >= 15 is 0 Å². The number of ether oxygens (including phenoxy) is 2. The molecule has 0 radical (unpaired) electrons. The molecular weight excluding hydrogens is 184 g/mol. The van der Waals surface area contributed by atoms with Gasteiger partial charge in [0.2, 0.25) is 0 Å². The van der Waals surface area contributed by atoms with Crippen LogP contribution in [0.2, 0.25) is 4.34 Å². The zero-order valence-electron chi connectivity index (χ0n) is 5.80. The van der Waals surface area contributed by atoms with Gasteiger partial charge < -0.3 is 9.47 Å². The molecule has 1 aliphatic rings. The lowest BCUT2D eigenvalue weighted by molar-refractivity contribution is 0.297. The summed E-state index contributed by atoms with van der Waals surface area (Å²) in [6, 6.07) is 0. The van der Waals surface area contributed by atoms with Crippen LogP contribution in [0, 0.1) is 0 Å². The quantitative estimate of drug-likeness (QED) is 0.626. The van der Waals surface area contributed by atoms with Crippen LogP contribution < -0.4 is 9.47 Å². The van der Waals surface area contributed by atoms with Crippen molar-refractivity contribution in [1.82, 2.24) is 0 Å². The largest absolute Gasteiger partial charge is 0.489 e. The third kappa shape index (κ3) is 1.30. The molecule has 0 N–H and O–H groups in total. The van der Waals surface area contributed by atoms with E-state index in [1.54, 1.807) is 0 Å². The molecule has 1 aromatic rings. The minimum absolute atomic E-state index is 0.682. The first-order valence-corrected chi connectivity index (χ1v) is 4.66. The maximum Gasteiger partial charge on any atom is 0.190 e. The van der Waals surface area contributed by atoms with Crippen LogP contribution in [0.25, 0.3) is 0 Å². The standard InChI is InChI=1S/C7H7ClO2S/c8-7-6-5(4-11-7)9-2-1-3-10-6/h4H,1-3H2. The lowest BCUT2D eigenvalue weighted by atomic mass is 10.5. The Morgan fingerprint density at radius 1 is 1.36 bits per heavy atom. The molecule has 2 heterocycles. The normalized spacial score (nSPS) is 16.1. The molecule has 0 aromatic carbocycles.